The summed E-state index contributed by atoms with van der Waals surface area (Å²) in [6.45, 7) is 1.02. The van der Waals surface area contributed by atoms with E-state index in [0.717, 1.165) is 13.0 Å². The van der Waals surface area contributed by atoms with Gasteiger partial charge in [0.2, 0.25) is 0 Å². The van der Waals surface area contributed by atoms with Crippen LogP contribution in [0.15, 0.2) is 6.20 Å². The molecular weight excluding hydrogens is 259 g/mol. The van der Waals surface area contributed by atoms with Crippen LogP contribution in [-0.2, 0) is 6.42 Å². The van der Waals surface area contributed by atoms with E-state index in [1.165, 1.54) is 7.89 Å². The predicted octanol–water partition coefficient (Wildman–Crippen LogP) is 1.51. The number of nitrogens with zero attached hydrogens (tertiary/aromatic N) is 1. The van der Waals surface area contributed by atoms with Gasteiger partial charge in [0, 0.05) is 13.0 Å². The Labute approximate surface area is 78.2 Å². The second kappa shape index (κ2) is 4.25. The van der Waals surface area contributed by atoms with Crippen molar-refractivity contribution in [2.75, 3.05) is 13.6 Å². The number of hydrogen-bond donors (Lipinski definition) is 1. The molecule has 10 heavy (non-hydrogen) atoms. The van der Waals surface area contributed by atoms with Crippen LogP contribution in [-0.4, -0.2) is 18.6 Å². The van der Waals surface area contributed by atoms with Crippen molar-refractivity contribution in [1.29, 1.82) is 0 Å². The minimum atomic E-state index is 1.02. The van der Waals surface area contributed by atoms with E-state index in [2.05, 4.69) is 32.9 Å². The highest BCUT2D eigenvalue weighted by atomic mass is 127. The third-order valence-corrected chi connectivity index (χ3v) is 2.90. The highest BCUT2D eigenvalue weighted by molar-refractivity contribution is 14.1. The highest BCUT2D eigenvalue weighted by Gasteiger charge is 1.96. The fraction of sp³-hybridized carbons (Fsp3) is 0.500. The molecule has 0 saturated heterocycles. The lowest BCUT2D eigenvalue weighted by Crippen LogP contribution is -2.09. The molecule has 2 nitrogen and oxygen atoms in total. The van der Waals surface area contributed by atoms with Crippen molar-refractivity contribution in [2.45, 2.75) is 6.42 Å². The van der Waals surface area contributed by atoms with Gasteiger partial charge in [0.05, 0.1) is 14.1 Å². The Kier molecular flexibility index (Phi) is 3.58. The Morgan fingerprint density at radius 1 is 1.80 bits per heavy atom. The molecule has 1 aromatic rings. The summed E-state index contributed by atoms with van der Waals surface area (Å²) in [7, 11) is 1.96. The SMILES string of the molecule is CNCCc1ncc(I)s1. The maximum atomic E-state index is 4.22. The lowest BCUT2D eigenvalue weighted by molar-refractivity contribution is 0.787. The van der Waals surface area contributed by atoms with Gasteiger partial charge in [-0.1, -0.05) is 0 Å². The molecule has 56 valence electrons. The smallest absolute Gasteiger partial charge is 0.0948 e. The summed E-state index contributed by atoms with van der Waals surface area (Å²) >= 11 is 4.05. The van der Waals surface area contributed by atoms with E-state index in [9.17, 15) is 0 Å². The molecule has 1 heterocycles. The first kappa shape index (κ1) is 8.42. The van der Waals surface area contributed by atoms with Gasteiger partial charge in [-0.25, -0.2) is 4.98 Å². The first-order valence-corrected chi connectivity index (χ1v) is 4.97. The van der Waals surface area contributed by atoms with E-state index in [1.54, 1.807) is 11.3 Å². The molecule has 1 aromatic heterocycles. The standard InChI is InChI=1S/C6H9IN2S/c1-8-3-2-6-9-4-5(7)10-6/h4,8H,2-3H2,1H3. The largest absolute Gasteiger partial charge is 0.319 e. The Hall–Kier alpha value is 0.320. The van der Waals surface area contributed by atoms with Gasteiger partial charge in [0.15, 0.2) is 0 Å². The Balaban J connectivity index is 2.42. The summed E-state index contributed by atoms with van der Waals surface area (Å²) in [5, 5.41) is 4.31. The van der Waals surface area contributed by atoms with Crippen LogP contribution in [0, 0.1) is 2.88 Å². The van der Waals surface area contributed by atoms with Crippen molar-refractivity contribution < 1.29 is 0 Å². The second-order valence-electron chi connectivity index (χ2n) is 1.91. The molecule has 1 rings (SSSR count). The summed E-state index contributed by atoms with van der Waals surface area (Å²) in [6.07, 6.45) is 2.96. The highest BCUT2D eigenvalue weighted by Crippen LogP contribution is 2.14. The van der Waals surface area contributed by atoms with Crippen molar-refractivity contribution in [3.63, 3.8) is 0 Å². The zero-order valence-corrected chi connectivity index (χ0v) is 8.70. The number of aromatic nitrogens is 1. The summed E-state index contributed by atoms with van der Waals surface area (Å²) in [4.78, 5) is 4.22. The molecule has 0 fully saturated rings. The zero-order chi connectivity index (χ0) is 7.40. The summed E-state index contributed by atoms with van der Waals surface area (Å²) in [5.74, 6) is 0. The topological polar surface area (TPSA) is 24.9 Å². The average molecular weight is 268 g/mol. The van der Waals surface area contributed by atoms with Crippen LogP contribution >= 0.6 is 33.9 Å². The van der Waals surface area contributed by atoms with Crippen molar-refractivity contribution in [2.24, 2.45) is 0 Å². The molecule has 0 aliphatic heterocycles. The van der Waals surface area contributed by atoms with E-state index in [1.807, 2.05) is 13.2 Å². The predicted molar refractivity (Wildman–Crippen MR) is 52.5 cm³/mol. The van der Waals surface area contributed by atoms with Gasteiger partial charge in [-0.3, -0.25) is 0 Å². The number of hydrogen-bond acceptors (Lipinski definition) is 3. The quantitative estimate of drug-likeness (QED) is 0.840. The van der Waals surface area contributed by atoms with Crippen molar-refractivity contribution in [3.05, 3.63) is 14.1 Å². The maximum absolute atomic E-state index is 4.22. The molecule has 1 N–H and O–H groups in total. The summed E-state index contributed by atoms with van der Waals surface area (Å²) in [5.41, 5.74) is 0. The van der Waals surface area contributed by atoms with Gasteiger partial charge in [0.1, 0.15) is 0 Å². The van der Waals surface area contributed by atoms with E-state index in [-0.39, 0.29) is 0 Å². The fourth-order valence-electron chi connectivity index (χ4n) is 0.636. The van der Waals surface area contributed by atoms with Crippen molar-refractivity contribution >= 4 is 33.9 Å². The number of nitrogens with one attached hydrogen (secondary N) is 1. The van der Waals surface area contributed by atoms with Crippen LogP contribution in [0.5, 0.6) is 0 Å². The molecule has 0 saturated carbocycles. The number of halogens is 1. The molecule has 0 unspecified atom stereocenters. The average Bonchev–Trinajstić information content (AvgIpc) is 2.31. The summed E-state index contributed by atoms with van der Waals surface area (Å²) < 4.78 is 1.27. The van der Waals surface area contributed by atoms with Crippen LogP contribution in [0.2, 0.25) is 0 Å². The van der Waals surface area contributed by atoms with Crippen LogP contribution in [0.4, 0.5) is 0 Å². The Bertz CT molecular complexity index is 199. The minimum absolute atomic E-state index is 1.02. The van der Waals surface area contributed by atoms with E-state index in [4.69, 9.17) is 0 Å². The molecule has 0 amide bonds. The third-order valence-electron chi connectivity index (χ3n) is 1.11. The van der Waals surface area contributed by atoms with Crippen LogP contribution in [0.1, 0.15) is 5.01 Å². The molecular formula is C6H9IN2S. The van der Waals surface area contributed by atoms with Crippen LogP contribution in [0.25, 0.3) is 0 Å². The summed E-state index contributed by atoms with van der Waals surface area (Å²) in [6, 6.07) is 0. The van der Waals surface area contributed by atoms with Crippen LogP contribution in [0.3, 0.4) is 0 Å². The first-order chi connectivity index (χ1) is 4.83. The van der Waals surface area contributed by atoms with Crippen molar-refractivity contribution in [1.82, 2.24) is 10.3 Å². The monoisotopic (exact) mass is 268 g/mol. The van der Waals surface area contributed by atoms with Gasteiger partial charge < -0.3 is 5.32 Å². The molecule has 0 radical (unpaired) electrons. The number of likely N-dealkylation sites (N-methyl/N-ethyl adjacent to an activating group) is 1. The molecule has 0 spiro atoms. The normalized spacial score (nSPS) is 10.2. The molecule has 0 atom stereocenters. The number of thiazole rings is 1. The van der Waals surface area contributed by atoms with Gasteiger partial charge >= 0.3 is 0 Å². The lowest BCUT2D eigenvalue weighted by Gasteiger charge is -1.91. The van der Waals surface area contributed by atoms with Crippen molar-refractivity contribution in [3.8, 4) is 0 Å². The number of rotatable bonds is 3. The maximum Gasteiger partial charge on any atom is 0.0948 e. The second-order valence-corrected chi connectivity index (χ2v) is 4.92. The van der Waals surface area contributed by atoms with Gasteiger partial charge in [-0.2, -0.15) is 0 Å². The molecule has 0 aliphatic rings. The third kappa shape index (κ3) is 2.51. The van der Waals surface area contributed by atoms with Crippen LogP contribution < -0.4 is 5.32 Å². The minimum Gasteiger partial charge on any atom is -0.319 e. The molecule has 0 bridgehead atoms. The Morgan fingerprint density at radius 2 is 2.60 bits per heavy atom. The first-order valence-electron chi connectivity index (χ1n) is 3.07. The van der Waals surface area contributed by atoms with E-state index >= 15 is 0 Å². The van der Waals surface area contributed by atoms with Gasteiger partial charge in [-0.05, 0) is 29.6 Å². The van der Waals surface area contributed by atoms with E-state index in [0.29, 0.717) is 0 Å². The van der Waals surface area contributed by atoms with Gasteiger partial charge in [-0.15, -0.1) is 11.3 Å². The van der Waals surface area contributed by atoms with E-state index < -0.39 is 0 Å². The zero-order valence-electron chi connectivity index (χ0n) is 5.72. The van der Waals surface area contributed by atoms with Gasteiger partial charge in [0.25, 0.3) is 0 Å². The lowest BCUT2D eigenvalue weighted by atomic mass is 10.4. The molecule has 0 aliphatic carbocycles. The molecule has 0 aromatic carbocycles. The fourth-order valence-corrected chi connectivity index (χ4v) is 2.18. The molecule has 4 heteroatoms. The Morgan fingerprint density at radius 3 is 3.10 bits per heavy atom.